The Hall–Kier alpha value is -3.56. The third kappa shape index (κ3) is 4.50. The van der Waals surface area contributed by atoms with Crippen molar-refractivity contribution in [3.8, 4) is 11.4 Å². The van der Waals surface area contributed by atoms with Crippen molar-refractivity contribution in [2.45, 2.75) is 19.4 Å². The van der Waals surface area contributed by atoms with E-state index in [1.165, 1.54) is 9.59 Å². The zero-order valence-corrected chi connectivity index (χ0v) is 18.8. The molecule has 10 heteroatoms. The maximum absolute atomic E-state index is 13.7. The van der Waals surface area contributed by atoms with Crippen molar-refractivity contribution in [2.75, 3.05) is 19.8 Å². The lowest BCUT2D eigenvalue weighted by atomic mass is 10.0. The molecular weight excluding hydrogens is 442 g/mol. The number of carbonyl (C=O) groups excluding carboxylic acids is 1. The molecule has 0 spiro atoms. The molecular formula is C23H22ClN7O2. The van der Waals surface area contributed by atoms with Gasteiger partial charge < -0.3 is 9.64 Å². The summed E-state index contributed by atoms with van der Waals surface area (Å²) >= 11 is 6.37. The van der Waals surface area contributed by atoms with Gasteiger partial charge in [-0.05, 0) is 54.8 Å². The summed E-state index contributed by atoms with van der Waals surface area (Å²) in [5, 5.41) is 17.4. The Bertz CT molecular complexity index is 1260. The fourth-order valence-electron chi connectivity index (χ4n) is 4.06. The number of morpholine rings is 1. The van der Waals surface area contributed by atoms with Gasteiger partial charge in [0.1, 0.15) is 0 Å². The maximum Gasteiger partial charge on any atom is 0.256 e. The third-order valence-electron chi connectivity index (χ3n) is 5.57. The highest BCUT2D eigenvalue weighted by atomic mass is 35.5. The summed E-state index contributed by atoms with van der Waals surface area (Å²) in [5.41, 5.74) is 3.97. The van der Waals surface area contributed by atoms with Gasteiger partial charge in [0.25, 0.3) is 5.91 Å². The van der Waals surface area contributed by atoms with Crippen molar-refractivity contribution in [1.29, 1.82) is 0 Å². The van der Waals surface area contributed by atoms with Gasteiger partial charge in [-0.3, -0.25) is 4.79 Å². The molecule has 4 aromatic rings. The van der Waals surface area contributed by atoms with Crippen molar-refractivity contribution >= 4 is 17.5 Å². The normalized spacial score (nSPS) is 16.2. The molecule has 0 N–H and O–H groups in total. The first-order valence-electron chi connectivity index (χ1n) is 10.6. The number of rotatable bonds is 5. The molecule has 168 valence electrons. The molecule has 0 aliphatic carbocycles. The average Bonchev–Trinajstić information content (AvgIpc) is 3.53. The molecule has 1 aliphatic rings. The van der Waals surface area contributed by atoms with Crippen LogP contribution in [0.4, 0.5) is 0 Å². The van der Waals surface area contributed by atoms with Crippen LogP contribution in [0.5, 0.6) is 0 Å². The SMILES string of the molecule is Cc1ccc(C(=O)N2CCOCC2Cc2cc(Cl)cc(-n3nccn3)c2)c(-n2nccn2)c1. The lowest BCUT2D eigenvalue weighted by molar-refractivity contribution is -0.00165. The van der Waals surface area contributed by atoms with E-state index in [9.17, 15) is 4.79 Å². The number of aromatic nitrogens is 6. The van der Waals surface area contributed by atoms with Gasteiger partial charge in [-0.1, -0.05) is 17.7 Å². The number of hydrogen-bond acceptors (Lipinski definition) is 6. The van der Waals surface area contributed by atoms with Crippen LogP contribution in [-0.4, -0.2) is 66.6 Å². The second-order valence-corrected chi connectivity index (χ2v) is 8.34. The van der Waals surface area contributed by atoms with E-state index in [-0.39, 0.29) is 11.9 Å². The van der Waals surface area contributed by atoms with Crippen molar-refractivity contribution in [3.05, 3.63) is 82.9 Å². The first-order valence-corrected chi connectivity index (χ1v) is 11.0. The van der Waals surface area contributed by atoms with E-state index >= 15 is 0 Å². The fourth-order valence-corrected chi connectivity index (χ4v) is 4.31. The predicted molar refractivity (Wildman–Crippen MR) is 122 cm³/mol. The Labute approximate surface area is 195 Å². The summed E-state index contributed by atoms with van der Waals surface area (Å²) in [5.74, 6) is -0.0772. The Morgan fingerprint density at radius 2 is 1.76 bits per heavy atom. The molecule has 0 saturated carbocycles. The second kappa shape index (κ2) is 9.13. The number of amides is 1. The quantitative estimate of drug-likeness (QED) is 0.452. The monoisotopic (exact) mass is 463 g/mol. The van der Waals surface area contributed by atoms with Gasteiger partial charge in [-0.2, -0.15) is 30.0 Å². The van der Waals surface area contributed by atoms with E-state index in [0.29, 0.717) is 42.5 Å². The van der Waals surface area contributed by atoms with Gasteiger partial charge >= 0.3 is 0 Å². The number of halogens is 1. The van der Waals surface area contributed by atoms with Crippen molar-refractivity contribution in [1.82, 2.24) is 34.9 Å². The highest BCUT2D eigenvalue weighted by Crippen LogP contribution is 2.24. The van der Waals surface area contributed by atoms with Gasteiger partial charge in [0.15, 0.2) is 0 Å². The van der Waals surface area contributed by atoms with Gasteiger partial charge in [0, 0.05) is 11.6 Å². The van der Waals surface area contributed by atoms with Crippen LogP contribution in [0.1, 0.15) is 21.5 Å². The van der Waals surface area contributed by atoms with E-state index < -0.39 is 0 Å². The molecule has 1 saturated heterocycles. The third-order valence-corrected chi connectivity index (χ3v) is 5.79. The number of benzene rings is 2. The first-order chi connectivity index (χ1) is 16.1. The number of carbonyl (C=O) groups is 1. The standard InChI is InChI=1S/C23H22ClN7O2/c1-16-2-3-21(22(10-16)31-27-6-7-28-31)23(32)29-8-9-33-15-20(29)13-17-11-18(24)14-19(12-17)30-25-4-5-26-30/h2-7,10-12,14,20H,8-9,13,15H2,1H3. The zero-order chi connectivity index (χ0) is 22.8. The summed E-state index contributed by atoms with van der Waals surface area (Å²) in [7, 11) is 0. The summed E-state index contributed by atoms with van der Waals surface area (Å²) in [6.07, 6.45) is 7.01. The molecule has 1 unspecified atom stereocenters. The number of hydrogen-bond donors (Lipinski definition) is 0. The minimum Gasteiger partial charge on any atom is -0.377 e. The molecule has 1 aliphatic heterocycles. The van der Waals surface area contributed by atoms with E-state index in [1.54, 1.807) is 30.9 Å². The lowest BCUT2D eigenvalue weighted by Gasteiger charge is -2.36. The Kier molecular flexibility index (Phi) is 5.89. The van der Waals surface area contributed by atoms with E-state index in [4.69, 9.17) is 16.3 Å². The summed E-state index contributed by atoms with van der Waals surface area (Å²) < 4.78 is 5.74. The van der Waals surface area contributed by atoms with Crippen molar-refractivity contribution in [2.24, 2.45) is 0 Å². The predicted octanol–water partition coefficient (Wildman–Crippen LogP) is 2.89. The fraction of sp³-hybridized carbons (Fsp3) is 0.261. The molecule has 33 heavy (non-hydrogen) atoms. The van der Waals surface area contributed by atoms with Crippen LogP contribution >= 0.6 is 11.6 Å². The van der Waals surface area contributed by atoms with Crippen molar-refractivity contribution < 1.29 is 9.53 Å². The van der Waals surface area contributed by atoms with E-state index in [0.717, 1.165) is 16.8 Å². The topological polar surface area (TPSA) is 91.0 Å². The molecule has 0 bridgehead atoms. The summed E-state index contributed by atoms with van der Waals surface area (Å²) in [4.78, 5) is 18.6. The molecule has 9 nitrogen and oxygen atoms in total. The smallest absolute Gasteiger partial charge is 0.256 e. The van der Waals surface area contributed by atoms with Gasteiger partial charge in [-0.25, -0.2) is 0 Å². The molecule has 3 heterocycles. The zero-order valence-electron chi connectivity index (χ0n) is 18.0. The average molecular weight is 464 g/mol. The number of ether oxygens (including phenoxy) is 1. The van der Waals surface area contributed by atoms with Gasteiger partial charge in [-0.15, -0.1) is 0 Å². The van der Waals surface area contributed by atoms with Gasteiger partial charge in [0.2, 0.25) is 0 Å². The van der Waals surface area contributed by atoms with Crippen LogP contribution < -0.4 is 0 Å². The van der Waals surface area contributed by atoms with Crippen LogP contribution in [-0.2, 0) is 11.2 Å². The molecule has 1 fully saturated rings. The molecule has 0 radical (unpaired) electrons. The minimum absolute atomic E-state index is 0.0772. The highest BCUT2D eigenvalue weighted by molar-refractivity contribution is 6.30. The van der Waals surface area contributed by atoms with Crippen LogP contribution in [0.3, 0.4) is 0 Å². The van der Waals surface area contributed by atoms with Crippen LogP contribution in [0.2, 0.25) is 5.02 Å². The Morgan fingerprint density at radius 3 is 2.52 bits per heavy atom. The largest absolute Gasteiger partial charge is 0.377 e. The van der Waals surface area contributed by atoms with Crippen LogP contribution in [0.25, 0.3) is 11.4 Å². The van der Waals surface area contributed by atoms with Crippen LogP contribution in [0.15, 0.2) is 61.2 Å². The summed E-state index contributed by atoms with van der Waals surface area (Å²) in [6.45, 7) is 3.40. The Balaban J connectivity index is 1.44. The lowest BCUT2D eigenvalue weighted by Crippen LogP contribution is -2.50. The first kappa shape index (κ1) is 21.3. The van der Waals surface area contributed by atoms with Crippen molar-refractivity contribution in [3.63, 3.8) is 0 Å². The molecule has 1 atom stereocenters. The molecule has 2 aromatic carbocycles. The maximum atomic E-state index is 13.7. The molecule has 1 amide bonds. The molecule has 2 aromatic heterocycles. The second-order valence-electron chi connectivity index (χ2n) is 7.91. The van der Waals surface area contributed by atoms with Gasteiger partial charge in [0.05, 0.1) is 61.0 Å². The minimum atomic E-state index is -0.150. The summed E-state index contributed by atoms with van der Waals surface area (Å²) in [6, 6.07) is 11.2. The number of aryl methyl sites for hydroxylation is 1. The van der Waals surface area contributed by atoms with E-state index in [1.807, 2.05) is 42.2 Å². The van der Waals surface area contributed by atoms with E-state index in [2.05, 4.69) is 20.4 Å². The Morgan fingerprint density at radius 1 is 1.03 bits per heavy atom. The number of nitrogens with zero attached hydrogens (tertiary/aromatic N) is 7. The highest BCUT2D eigenvalue weighted by Gasteiger charge is 2.30. The van der Waals surface area contributed by atoms with Crippen LogP contribution in [0, 0.1) is 6.92 Å². The molecule has 5 rings (SSSR count).